The molecule has 2 aromatic rings. The molecule has 0 aliphatic rings. The summed E-state index contributed by atoms with van der Waals surface area (Å²) >= 11 is 0. The van der Waals surface area contributed by atoms with Crippen molar-refractivity contribution in [2.45, 2.75) is 53.4 Å². The number of nitrogens with one attached hydrogen (secondary N) is 1. The van der Waals surface area contributed by atoms with Gasteiger partial charge in [0.2, 0.25) is 5.88 Å². The van der Waals surface area contributed by atoms with Crippen molar-refractivity contribution in [3.05, 3.63) is 52.5 Å². The average molecular weight is 467 g/mol. The van der Waals surface area contributed by atoms with Crippen molar-refractivity contribution >= 4 is 11.7 Å². The number of nitrogens with zero attached hydrogens (tertiary/aromatic N) is 2. The molecular weight excluding hydrogens is 439 g/mol. The number of halogens is 3. The zero-order valence-corrected chi connectivity index (χ0v) is 19.2. The minimum Gasteiger partial charge on any atom is -0.475 e. The van der Waals surface area contributed by atoms with Crippen molar-refractivity contribution in [1.29, 1.82) is 0 Å². The predicted molar refractivity (Wildman–Crippen MR) is 115 cm³/mol. The van der Waals surface area contributed by atoms with Crippen LogP contribution in [0.25, 0.3) is 0 Å². The summed E-state index contributed by atoms with van der Waals surface area (Å²) in [6, 6.07) is 4.83. The van der Waals surface area contributed by atoms with Gasteiger partial charge >= 0.3 is 6.36 Å². The highest BCUT2D eigenvalue weighted by Gasteiger charge is 2.28. The van der Waals surface area contributed by atoms with Crippen molar-refractivity contribution in [2.24, 2.45) is 5.92 Å². The highest BCUT2D eigenvalue weighted by Crippen LogP contribution is 2.20. The maximum atomic E-state index is 12.7. The molecule has 1 amide bonds. The van der Waals surface area contributed by atoms with E-state index in [9.17, 15) is 22.8 Å². The summed E-state index contributed by atoms with van der Waals surface area (Å²) in [5.41, 5.74) is 2.99. The van der Waals surface area contributed by atoms with Crippen molar-refractivity contribution in [3.63, 3.8) is 0 Å². The van der Waals surface area contributed by atoms with E-state index in [1.807, 2.05) is 39.8 Å². The van der Waals surface area contributed by atoms with Crippen LogP contribution >= 0.6 is 0 Å². The van der Waals surface area contributed by atoms with Gasteiger partial charge < -0.3 is 10.1 Å². The number of hydrogen-bond donors (Lipinski definition) is 1. The molecule has 1 N–H and O–H groups in total. The highest BCUT2D eigenvalue weighted by atomic mass is 19.4. The summed E-state index contributed by atoms with van der Waals surface area (Å²) in [4.78, 5) is 33.2. The number of carbonyl (C=O) groups is 2. The normalized spacial score (nSPS) is 12.5. The lowest BCUT2D eigenvalue weighted by Crippen LogP contribution is -2.27. The average Bonchev–Trinajstić information content (AvgIpc) is 2.70. The Morgan fingerprint density at radius 2 is 1.79 bits per heavy atom. The van der Waals surface area contributed by atoms with E-state index >= 15 is 0 Å². The third-order valence-electron chi connectivity index (χ3n) is 4.76. The highest BCUT2D eigenvalue weighted by molar-refractivity contribution is 5.94. The molecular formula is C23H28F3N3O4. The van der Waals surface area contributed by atoms with Gasteiger partial charge in [-0.3, -0.25) is 19.3 Å². The molecule has 0 spiro atoms. The number of ketones is 1. The number of aromatic nitrogens is 2. The molecule has 0 saturated carbocycles. The lowest BCUT2D eigenvalue weighted by Gasteiger charge is -2.17. The first-order chi connectivity index (χ1) is 15.4. The van der Waals surface area contributed by atoms with Crippen molar-refractivity contribution in [1.82, 2.24) is 15.3 Å². The van der Waals surface area contributed by atoms with Crippen LogP contribution in [-0.4, -0.2) is 41.2 Å². The zero-order valence-electron chi connectivity index (χ0n) is 19.2. The number of alkyl halides is 3. The van der Waals surface area contributed by atoms with Crippen LogP contribution in [0.2, 0.25) is 0 Å². The summed E-state index contributed by atoms with van der Waals surface area (Å²) in [5, 5.41) is 2.88. The van der Waals surface area contributed by atoms with Crippen LogP contribution in [0.3, 0.4) is 0 Å². The van der Waals surface area contributed by atoms with Crippen LogP contribution in [0.4, 0.5) is 13.2 Å². The lowest BCUT2D eigenvalue weighted by atomic mass is 10.0. The Morgan fingerprint density at radius 3 is 2.39 bits per heavy atom. The smallest absolute Gasteiger partial charge is 0.475 e. The Kier molecular flexibility index (Phi) is 8.92. The van der Waals surface area contributed by atoms with Crippen molar-refractivity contribution < 1.29 is 32.2 Å². The Bertz CT molecular complexity index is 993. The van der Waals surface area contributed by atoms with Gasteiger partial charge in [0.05, 0.1) is 18.2 Å². The van der Waals surface area contributed by atoms with Crippen LogP contribution in [0.1, 0.15) is 59.7 Å². The van der Waals surface area contributed by atoms with Gasteiger partial charge in [-0.2, -0.15) is 0 Å². The molecule has 0 radical (unpaired) electrons. The molecule has 2 heterocycles. The van der Waals surface area contributed by atoms with Crippen LogP contribution in [0.15, 0.2) is 24.4 Å². The van der Waals surface area contributed by atoms with E-state index in [4.69, 9.17) is 4.74 Å². The molecule has 180 valence electrons. The SMILES string of the molecule is Cc1cc(C(C)NC(=O)c2cnc(OCCOC(F)(F)F)c(C)c2)cc(CC(=O)C(C)C)n1. The Hall–Kier alpha value is -3.01. The molecule has 7 nitrogen and oxygen atoms in total. The molecule has 2 aromatic heterocycles. The van der Waals surface area contributed by atoms with E-state index in [-0.39, 0.29) is 48.1 Å². The number of rotatable bonds is 10. The standard InChI is InChI=1S/C23H28F3N3O4/c1-13(2)20(30)11-19-10-17(9-15(4)28-19)16(5)29-21(31)18-8-14(3)22(27-12-18)32-6-7-33-23(24,25)26/h8-10,12-13,16H,6-7,11H2,1-5H3,(H,29,31). The maximum absolute atomic E-state index is 12.7. The first-order valence-corrected chi connectivity index (χ1v) is 10.5. The predicted octanol–water partition coefficient (Wildman–Crippen LogP) is 4.27. The molecule has 33 heavy (non-hydrogen) atoms. The zero-order chi connectivity index (χ0) is 24.8. The summed E-state index contributed by atoms with van der Waals surface area (Å²) in [6.45, 7) is 7.96. The first kappa shape index (κ1) is 26.2. The molecule has 0 aromatic carbocycles. The van der Waals surface area contributed by atoms with Gasteiger partial charge in [-0.15, -0.1) is 13.2 Å². The third kappa shape index (κ3) is 8.45. The Labute approximate surface area is 190 Å². The summed E-state index contributed by atoms with van der Waals surface area (Å²) < 4.78 is 44.9. The van der Waals surface area contributed by atoms with Gasteiger partial charge in [0.15, 0.2) is 0 Å². The second kappa shape index (κ2) is 11.2. The quantitative estimate of drug-likeness (QED) is 0.525. The van der Waals surface area contributed by atoms with Crippen LogP contribution in [0.5, 0.6) is 5.88 Å². The van der Waals surface area contributed by atoms with Crippen LogP contribution < -0.4 is 10.1 Å². The fraction of sp³-hybridized carbons (Fsp3) is 0.478. The van der Waals surface area contributed by atoms with E-state index in [1.54, 1.807) is 13.0 Å². The molecule has 1 atom stereocenters. The molecule has 1 unspecified atom stereocenters. The van der Waals surface area contributed by atoms with Crippen LogP contribution in [-0.2, 0) is 16.0 Å². The lowest BCUT2D eigenvalue weighted by molar-refractivity contribution is -0.325. The monoisotopic (exact) mass is 467 g/mol. The number of amides is 1. The number of aryl methyl sites for hydroxylation is 2. The Balaban J connectivity index is 2.02. The fourth-order valence-electron chi connectivity index (χ4n) is 2.99. The van der Waals surface area contributed by atoms with Crippen molar-refractivity contribution in [2.75, 3.05) is 13.2 Å². The summed E-state index contributed by atoms with van der Waals surface area (Å²) in [5.74, 6) is -0.258. The van der Waals surface area contributed by atoms with Gasteiger partial charge in [0.25, 0.3) is 5.91 Å². The van der Waals surface area contributed by atoms with E-state index in [1.165, 1.54) is 6.20 Å². The molecule has 2 rings (SSSR count). The second-order valence-corrected chi connectivity index (χ2v) is 8.01. The summed E-state index contributed by atoms with van der Waals surface area (Å²) in [6.07, 6.45) is -3.20. The first-order valence-electron chi connectivity index (χ1n) is 10.5. The third-order valence-corrected chi connectivity index (χ3v) is 4.76. The molecule has 10 heteroatoms. The van der Waals surface area contributed by atoms with E-state index in [0.29, 0.717) is 11.3 Å². The van der Waals surface area contributed by atoms with Crippen LogP contribution in [0, 0.1) is 19.8 Å². The van der Waals surface area contributed by atoms with Crippen molar-refractivity contribution in [3.8, 4) is 5.88 Å². The molecule has 0 bridgehead atoms. The number of carbonyl (C=O) groups excluding carboxylic acids is 2. The minimum atomic E-state index is -4.72. The van der Waals surface area contributed by atoms with E-state index in [0.717, 1.165) is 11.3 Å². The molecule has 0 fully saturated rings. The molecule has 0 aliphatic carbocycles. The second-order valence-electron chi connectivity index (χ2n) is 8.01. The van der Waals surface area contributed by atoms with E-state index < -0.39 is 13.0 Å². The number of Topliss-reactive ketones (excluding diaryl/α,β-unsaturated/α-hetero) is 1. The largest absolute Gasteiger partial charge is 0.522 e. The molecule has 0 saturated heterocycles. The van der Waals surface area contributed by atoms with Gasteiger partial charge in [0, 0.05) is 35.5 Å². The Morgan fingerprint density at radius 1 is 1.09 bits per heavy atom. The fourth-order valence-corrected chi connectivity index (χ4v) is 2.99. The number of pyridine rings is 2. The summed E-state index contributed by atoms with van der Waals surface area (Å²) in [7, 11) is 0. The maximum Gasteiger partial charge on any atom is 0.522 e. The number of hydrogen-bond acceptors (Lipinski definition) is 6. The van der Waals surface area contributed by atoms with Gasteiger partial charge in [-0.05, 0) is 44.5 Å². The van der Waals surface area contributed by atoms with E-state index in [2.05, 4.69) is 20.0 Å². The topological polar surface area (TPSA) is 90.4 Å². The molecule has 0 aliphatic heterocycles. The van der Waals surface area contributed by atoms with Gasteiger partial charge in [-0.1, -0.05) is 13.8 Å². The van der Waals surface area contributed by atoms with Gasteiger partial charge in [0.1, 0.15) is 12.4 Å². The minimum absolute atomic E-state index is 0.0876. The van der Waals surface area contributed by atoms with Gasteiger partial charge in [-0.25, -0.2) is 4.98 Å². The number of ether oxygens (including phenoxy) is 2.